The van der Waals surface area contributed by atoms with Crippen molar-refractivity contribution < 1.29 is 8.42 Å². The van der Waals surface area contributed by atoms with Crippen LogP contribution in [0.4, 0.5) is 5.69 Å². The van der Waals surface area contributed by atoms with Gasteiger partial charge >= 0.3 is 10.2 Å². The summed E-state index contributed by atoms with van der Waals surface area (Å²) in [5, 5.41) is 3.74. The van der Waals surface area contributed by atoms with Crippen molar-refractivity contribution >= 4 is 27.5 Å². The molecule has 0 heterocycles. The van der Waals surface area contributed by atoms with E-state index in [1.807, 2.05) is 0 Å². The fourth-order valence-corrected chi connectivity index (χ4v) is 2.73. The van der Waals surface area contributed by atoms with Crippen molar-refractivity contribution in [2.75, 3.05) is 24.9 Å². The SMILES string of the molecule is CC(C)NCCCN(C)S(=O)(=O)Nc1cccc(Cl)c1. The van der Waals surface area contributed by atoms with E-state index in [-0.39, 0.29) is 0 Å². The normalized spacial score (nSPS) is 12.1. The molecular weight excluding hydrogens is 298 g/mol. The molecule has 7 heteroatoms. The van der Waals surface area contributed by atoms with Crippen LogP contribution in [0.1, 0.15) is 20.3 Å². The van der Waals surface area contributed by atoms with E-state index >= 15 is 0 Å². The van der Waals surface area contributed by atoms with Crippen LogP contribution in [-0.4, -0.2) is 38.9 Å². The topological polar surface area (TPSA) is 61.4 Å². The molecule has 1 aromatic rings. The zero-order valence-corrected chi connectivity index (χ0v) is 13.6. The summed E-state index contributed by atoms with van der Waals surface area (Å²) < 4.78 is 28.0. The van der Waals surface area contributed by atoms with Gasteiger partial charge in [-0.05, 0) is 31.2 Å². The minimum absolute atomic E-state index is 0.404. The Kier molecular flexibility index (Phi) is 6.75. The fraction of sp³-hybridized carbons (Fsp3) is 0.538. The van der Waals surface area contributed by atoms with Gasteiger partial charge in [0.2, 0.25) is 0 Å². The molecule has 0 aromatic heterocycles. The van der Waals surface area contributed by atoms with Crippen LogP contribution < -0.4 is 10.0 Å². The Morgan fingerprint density at radius 1 is 1.35 bits per heavy atom. The van der Waals surface area contributed by atoms with Crippen LogP contribution in [0.15, 0.2) is 24.3 Å². The van der Waals surface area contributed by atoms with Gasteiger partial charge in [-0.2, -0.15) is 12.7 Å². The van der Waals surface area contributed by atoms with Crippen LogP contribution in [0, 0.1) is 0 Å². The lowest BCUT2D eigenvalue weighted by molar-refractivity contribution is 0.451. The molecule has 0 aliphatic carbocycles. The molecule has 0 atom stereocenters. The lowest BCUT2D eigenvalue weighted by atomic mass is 10.3. The molecular formula is C13H22ClN3O2S. The second kappa shape index (κ2) is 7.83. The van der Waals surface area contributed by atoms with Gasteiger partial charge < -0.3 is 5.32 Å². The highest BCUT2D eigenvalue weighted by Gasteiger charge is 2.17. The average molecular weight is 320 g/mol. The number of hydrogen-bond donors (Lipinski definition) is 2. The van der Waals surface area contributed by atoms with E-state index in [2.05, 4.69) is 23.9 Å². The number of halogens is 1. The Labute approximate surface area is 126 Å². The van der Waals surface area contributed by atoms with E-state index in [4.69, 9.17) is 11.6 Å². The molecule has 0 aliphatic heterocycles. The van der Waals surface area contributed by atoms with Gasteiger partial charge in [0.25, 0.3) is 0 Å². The molecule has 1 aromatic carbocycles. The van der Waals surface area contributed by atoms with Crippen LogP contribution in [0.3, 0.4) is 0 Å². The van der Waals surface area contributed by atoms with Gasteiger partial charge in [0.1, 0.15) is 0 Å². The van der Waals surface area contributed by atoms with Gasteiger partial charge in [0.15, 0.2) is 0 Å². The Bertz CT molecular complexity index is 520. The van der Waals surface area contributed by atoms with Gasteiger partial charge in [-0.3, -0.25) is 4.72 Å². The zero-order valence-electron chi connectivity index (χ0n) is 12.1. The summed E-state index contributed by atoms with van der Waals surface area (Å²) in [5.74, 6) is 0. The quantitative estimate of drug-likeness (QED) is 0.723. The zero-order chi connectivity index (χ0) is 15.2. The number of benzene rings is 1. The Balaban J connectivity index is 2.51. The van der Waals surface area contributed by atoms with Crippen molar-refractivity contribution in [3.8, 4) is 0 Å². The summed E-state index contributed by atoms with van der Waals surface area (Å²) in [6.45, 7) is 5.35. The minimum atomic E-state index is -3.53. The smallest absolute Gasteiger partial charge is 0.301 e. The molecule has 0 unspecified atom stereocenters. The maximum absolute atomic E-state index is 12.1. The number of rotatable bonds is 8. The highest BCUT2D eigenvalue weighted by Crippen LogP contribution is 2.16. The average Bonchev–Trinajstić information content (AvgIpc) is 2.33. The molecule has 0 saturated carbocycles. The standard InChI is InChI=1S/C13H22ClN3O2S/c1-11(2)15-8-5-9-17(3)20(18,19)16-13-7-4-6-12(14)10-13/h4,6-7,10-11,15-16H,5,8-9H2,1-3H3. The third-order valence-corrected chi connectivity index (χ3v) is 4.42. The molecule has 0 aliphatic rings. The van der Waals surface area contributed by atoms with E-state index in [0.29, 0.717) is 23.3 Å². The molecule has 114 valence electrons. The number of anilines is 1. The van der Waals surface area contributed by atoms with Gasteiger partial charge in [-0.1, -0.05) is 31.5 Å². The van der Waals surface area contributed by atoms with Crippen LogP contribution in [-0.2, 0) is 10.2 Å². The third-order valence-electron chi connectivity index (χ3n) is 2.68. The van der Waals surface area contributed by atoms with Gasteiger partial charge in [-0.15, -0.1) is 0 Å². The number of hydrogen-bond acceptors (Lipinski definition) is 3. The highest BCUT2D eigenvalue weighted by molar-refractivity contribution is 7.90. The first-order chi connectivity index (χ1) is 9.31. The summed E-state index contributed by atoms with van der Waals surface area (Å²) >= 11 is 5.83. The van der Waals surface area contributed by atoms with Gasteiger partial charge in [0.05, 0.1) is 5.69 Å². The molecule has 1 rings (SSSR count). The summed E-state index contributed by atoms with van der Waals surface area (Å²) in [6, 6.07) is 7.04. The number of nitrogens with one attached hydrogen (secondary N) is 2. The fourth-order valence-electron chi connectivity index (χ4n) is 1.59. The van der Waals surface area contributed by atoms with E-state index < -0.39 is 10.2 Å². The number of nitrogens with zero attached hydrogens (tertiary/aromatic N) is 1. The molecule has 20 heavy (non-hydrogen) atoms. The molecule has 0 amide bonds. The Morgan fingerprint density at radius 2 is 2.05 bits per heavy atom. The first-order valence-corrected chi connectivity index (χ1v) is 8.36. The summed E-state index contributed by atoms with van der Waals surface area (Å²) in [5.41, 5.74) is 0.463. The van der Waals surface area contributed by atoms with E-state index in [0.717, 1.165) is 13.0 Å². The second-order valence-corrected chi connectivity index (χ2v) is 7.12. The van der Waals surface area contributed by atoms with Crippen molar-refractivity contribution in [3.05, 3.63) is 29.3 Å². The van der Waals surface area contributed by atoms with Crippen molar-refractivity contribution in [1.29, 1.82) is 0 Å². The highest BCUT2D eigenvalue weighted by atomic mass is 35.5. The van der Waals surface area contributed by atoms with E-state index in [1.165, 1.54) is 4.31 Å². The first kappa shape index (κ1) is 17.2. The van der Waals surface area contributed by atoms with Crippen molar-refractivity contribution in [3.63, 3.8) is 0 Å². The molecule has 0 saturated heterocycles. The van der Waals surface area contributed by atoms with E-state index in [1.54, 1.807) is 31.3 Å². The summed E-state index contributed by atoms with van der Waals surface area (Å²) in [4.78, 5) is 0. The summed E-state index contributed by atoms with van der Waals surface area (Å²) in [7, 11) is -1.98. The molecule has 0 bridgehead atoms. The second-order valence-electron chi connectivity index (χ2n) is 4.90. The predicted molar refractivity (Wildman–Crippen MR) is 84.4 cm³/mol. The minimum Gasteiger partial charge on any atom is -0.314 e. The lowest BCUT2D eigenvalue weighted by Crippen LogP contribution is -2.35. The van der Waals surface area contributed by atoms with Crippen LogP contribution in [0.5, 0.6) is 0 Å². The third kappa shape index (κ3) is 6.09. The van der Waals surface area contributed by atoms with E-state index in [9.17, 15) is 8.42 Å². The molecule has 2 N–H and O–H groups in total. The Morgan fingerprint density at radius 3 is 2.65 bits per heavy atom. The molecule has 0 radical (unpaired) electrons. The van der Waals surface area contributed by atoms with Gasteiger partial charge in [-0.25, -0.2) is 0 Å². The van der Waals surface area contributed by atoms with Crippen LogP contribution >= 0.6 is 11.6 Å². The molecule has 0 fully saturated rings. The predicted octanol–water partition coefficient (Wildman–Crippen LogP) is 2.32. The maximum Gasteiger partial charge on any atom is 0.301 e. The van der Waals surface area contributed by atoms with Crippen LogP contribution in [0.2, 0.25) is 5.02 Å². The molecule has 5 nitrogen and oxygen atoms in total. The molecule has 0 spiro atoms. The van der Waals surface area contributed by atoms with Crippen LogP contribution in [0.25, 0.3) is 0 Å². The summed E-state index contributed by atoms with van der Waals surface area (Å²) in [6.07, 6.45) is 0.755. The van der Waals surface area contributed by atoms with Crippen molar-refractivity contribution in [2.24, 2.45) is 0 Å². The maximum atomic E-state index is 12.1. The largest absolute Gasteiger partial charge is 0.314 e. The lowest BCUT2D eigenvalue weighted by Gasteiger charge is -2.18. The Hall–Kier alpha value is -0.820. The first-order valence-electron chi connectivity index (χ1n) is 6.54. The monoisotopic (exact) mass is 319 g/mol. The van der Waals surface area contributed by atoms with Crippen molar-refractivity contribution in [1.82, 2.24) is 9.62 Å². The van der Waals surface area contributed by atoms with Gasteiger partial charge in [0, 0.05) is 24.7 Å². The van der Waals surface area contributed by atoms with Crippen molar-refractivity contribution in [2.45, 2.75) is 26.3 Å².